The minimum absolute atomic E-state index is 0.239. The molecule has 3 amide bonds. The van der Waals surface area contributed by atoms with E-state index in [-0.39, 0.29) is 12.3 Å². The molecule has 5 N–H and O–H groups in total. The van der Waals surface area contributed by atoms with Crippen molar-refractivity contribution in [2.75, 3.05) is 13.7 Å². The Morgan fingerprint density at radius 1 is 1.14 bits per heavy atom. The SMILES string of the molecule is COC(=O)[C@@H]1C/C=C\Cn2cc(c3ccccc32)C(NC(C)=O)C(=O)N[C@H](CCCCN)C(=O)N1. The highest BCUT2D eigenvalue weighted by molar-refractivity contribution is 5.97. The summed E-state index contributed by atoms with van der Waals surface area (Å²) in [6.07, 6.45) is 7.37. The first-order chi connectivity index (χ1) is 16.8. The van der Waals surface area contributed by atoms with Crippen molar-refractivity contribution >= 4 is 34.6 Å². The minimum Gasteiger partial charge on any atom is -0.467 e. The number of nitrogens with two attached hydrogens (primary N) is 1. The summed E-state index contributed by atoms with van der Waals surface area (Å²) in [5.41, 5.74) is 7.13. The molecule has 1 unspecified atom stereocenters. The number of esters is 1. The quantitative estimate of drug-likeness (QED) is 0.275. The second-order valence-corrected chi connectivity index (χ2v) is 8.52. The zero-order valence-electron chi connectivity index (χ0n) is 20.1. The summed E-state index contributed by atoms with van der Waals surface area (Å²) in [6, 6.07) is 4.77. The van der Waals surface area contributed by atoms with Crippen molar-refractivity contribution in [2.24, 2.45) is 5.73 Å². The van der Waals surface area contributed by atoms with Crippen LogP contribution < -0.4 is 21.7 Å². The number of allylic oxidation sites excluding steroid dienone is 1. The highest BCUT2D eigenvalue weighted by atomic mass is 16.5. The Kier molecular flexibility index (Phi) is 9.02. The van der Waals surface area contributed by atoms with Gasteiger partial charge in [-0.25, -0.2) is 4.79 Å². The topological polar surface area (TPSA) is 145 Å². The Morgan fingerprint density at radius 2 is 1.91 bits per heavy atom. The van der Waals surface area contributed by atoms with Crippen LogP contribution in [0.25, 0.3) is 10.9 Å². The number of methoxy groups -OCH3 is 1. The van der Waals surface area contributed by atoms with Gasteiger partial charge in [-0.05, 0) is 38.3 Å². The summed E-state index contributed by atoms with van der Waals surface area (Å²) in [5, 5.41) is 9.04. The number of hydrogen-bond acceptors (Lipinski definition) is 6. The molecule has 0 radical (unpaired) electrons. The van der Waals surface area contributed by atoms with E-state index in [0.29, 0.717) is 37.9 Å². The van der Waals surface area contributed by atoms with E-state index in [1.807, 2.05) is 47.2 Å². The molecule has 2 bridgehead atoms. The third-order valence-corrected chi connectivity index (χ3v) is 5.96. The van der Waals surface area contributed by atoms with Crippen molar-refractivity contribution < 1.29 is 23.9 Å². The van der Waals surface area contributed by atoms with E-state index < -0.39 is 35.9 Å². The van der Waals surface area contributed by atoms with Crippen molar-refractivity contribution in [3.05, 3.63) is 48.2 Å². The molecular weight excluding hydrogens is 450 g/mol. The van der Waals surface area contributed by atoms with Gasteiger partial charge >= 0.3 is 5.97 Å². The molecule has 0 aliphatic carbocycles. The number of nitrogens with zero attached hydrogens (tertiary/aromatic N) is 1. The average Bonchev–Trinajstić information content (AvgIpc) is 3.20. The van der Waals surface area contributed by atoms with Gasteiger partial charge in [0, 0.05) is 36.1 Å². The van der Waals surface area contributed by atoms with Gasteiger partial charge in [-0.2, -0.15) is 0 Å². The number of para-hydroxylation sites is 1. The lowest BCUT2D eigenvalue weighted by Gasteiger charge is -2.24. The summed E-state index contributed by atoms with van der Waals surface area (Å²) < 4.78 is 6.83. The Balaban J connectivity index is 2.07. The van der Waals surface area contributed by atoms with Crippen molar-refractivity contribution in [3.63, 3.8) is 0 Å². The number of unbranched alkanes of at least 4 members (excludes halogenated alkanes) is 1. The van der Waals surface area contributed by atoms with Crippen molar-refractivity contribution in [2.45, 2.75) is 57.3 Å². The number of ether oxygens (including phenoxy) is 1. The van der Waals surface area contributed by atoms with Crippen molar-refractivity contribution in [1.82, 2.24) is 20.5 Å². The van der Waals surface area contributed by atoms with Gasteiger partial charge in [0.05, 0.1) is 7.11 Å². The van der Waals surface area contributed by atoms with Crippen LogP contribution >= 0.6 is 0 Å². The molecular formula is C25H33N5O5. The highest BCUT2D eigenvalue weighted by Gasteiger charge is 2.31. The first kappa shape index (κ1) is 26.0. The molecule has 2 aromatic rings. The lowest BCUT2D eigenvalue weighted by atomic mass is 10.0. The normalized spacial score (nSPS) is 22.0. The molecule has 3 atom stereocenters. The predicted molar refractivity (Wildman–Crippen MR) is 131 cm³/mol. The van der Waals surface area contributed by atoms with Gasteiger partial charge in [0.15, 0.2) is 0 Å². The summed E-state index contributed by atoms with van der Waals surface area (Å²) in [5.74, 6) is -1.97. The van der Waals surface area contributed by atoms with E-state index in [9.17, 15) is 19.2 Å². The van der Waals surface area contributed by atoms with E-state index in [2.05, 4.69) is 16.0 Å². The van der Waals surface area contributed by atoms with E-state index in [4.69, 9.17) is 10.5 Å². The molecule has 1 aliphatic rings. The number of hydrogen-bond donors (Lipinski definition) is 4. The Hall–Kier alpha value is -3.66. The van der Waals surface area contributed by atoms with Crippen molar-refractivity contribution in [1.29, 1.82) is 0 Å². The third-order valence-electron chi connectivity index (χ3n) is 5.96. The van der Waals surface area contributed by atoms with Crippen LogP contribution in [0.15, 0.2) is 42.6 Å². The molecule has 1 aliphatic heterocycles. The fourth-order valence-electron chi connectivity index (χ4n) is 4.21. The zero-order valence-corrected chi connectivity index (χ0v) is 20.1. The van der Waals surface area contributed by atoms with Crippen LogP contribution in [0.2, 0.25) is 0 Å². The summed E-state index contributed by atoms with van der Waals surface area (Å²) >= 11 is 0. The maximum Gasteiger partial charge on any atom is 0.328 e. The maximum atomic E-state index is 13.5. The molecule has 0 saturated carbocycles. The van der Waals surface area contributed by atoms with Gasteiger partial charge in [-0.15, -0.1) is 0 Å². The Labute approximate surface area is 204 Å². The largest absolute Gasteiger partial charge is 0.467 e. The molecule has 1 aromatic carbocycles. The van der Waals surface area contributed by atoms with Crippen molar-refractivity contribution in [3.8, 4) is 0 Å². The van der Waals surface area contributed by atoms with Gasteiger partial charge in [0.25, 0.3) is 0 Å². The van der Waals surface area contributed by atoms with Crippen LogP contribution in [0.4, 0.5) is 0 Å². The summed E-state index contributed by atoms with van der Waals surface area (Å²) in [7, 11) is 1.26. The number of aromatic nitrogens is 1. The fraction of sp³-hybridized carbons (Fsp3) is 0.440. The molecule has 2 heterocycles. The van der Waals surface area contributed by atoms with Gasteiger partial charge in [-0.3, -0.25) is 14.4 Å². The van der Waals surface area contributed by atoms with Crippen LogP contribution in [0, 0.1) is 0 Å². The average molecular weight is 484 g/mol. The molecule has 35 heavy (non-hydrogen) atoms. The van der Waals surface area contributed by atoms with E-state index in [1.165, 1.54) is 14.0 Å². The monoisotopic (exact) mass is 483 g/mol. The smallest absolute Gasteiger partial charge is 0.328 e. The van der Waals surface area contributed by atoms with Crippen LogP contribution in [0.3, 0.4) is 0 Å². The van der Waals surface area contributed by atoms with Crippen LogP contribution in [0.1, 0.15) is 44.2 Å². The number of rotatable bonds is 6. The first-order valence-corrected chi connectivity index (χ1v) is 11.7. The molecule has 3 rings (SSSR count). The van der Waals surface area contributed by atoms with Gasteiger partial charge in [-0.1, -0.05) is 30.4 Å². The Bertz CT molecular complexity index is 1110. The lowest BCUT2D eigenvalue weighted by Crippen LogP contribution is -2.53. The number of carbonyl (C=O) groups is 4. The van der Waals surface area contributed by atoms with Gasteiger partial charge in [0.1, 0.15) is 18.1 Å². The molecule has 0 saturated heterocycles. The van der Waals surface area contributed by atoms with E-state index in [1.54, 1.807) is 0 Å². The fourth-order valence-corrected chi connectivity index (χ4v) is 4.21. The highest BCUT2D eigenvalue weighted by Crippen LogP contribution is 2.27. The number of nitrogens with one attached hydrogen (secondary N) is 3. The Morgan fingerprint density at radius 3 is 2.63 bits per heavy atom. The van der Waals surface area contributed by atoms with Gasteiger partial charge < -0.3 is 31.0 Å². The van der Waals surface area contributed by atoms with E-state index in [0.717, 1.165) is 10.9 Å². The zero-order chi connectivity index (χ0) is 25.4. The van der Waals surface area contributed by atoms with E-state index >= 15 is 0 Å². The van der Waals surface area contributed by atoms with Crippen LogP contribution in [0.5, 0.6) is 0 Å². The maximum absolute atomic E-state index is 13.5. The number of amides is 3. The van der Waals surface area contributed by atoms with Crippen LogP contribution in [-0.4, -0.2) is 54.0 Å². The molecule has 0 spiro atoms. The second kappa shape index (κ2) is 12.2. The number of carbonyl (C=O) groups excluding carboxylic acids is 4. The standard InChI is InChI=1S/C25H33N5O5/c1-16(31)27-22-18-15-30(21-12-4-3-9-17(18)21)14-8-6-11-20(25(34)35-2)29-23(32)19(28-24(22)33)10-5-7-13-26/h3-4,6,8-9,12,15,19-20,22H,5,7,10-11,13-14,26H2,1-2H3,(H,27,31)(H,28,33)(H,29,32)/b8-6-/t19-,20+,22?/m1/s1. The number of fused-ring (bicyclic) bond motifs is 5. The predicted octanol–water partition coefficient (Wildman–Crippen LogP) is 1.05. The summed E-state index contributed by atoms with van der Waals surface area (Å²) in [4.78, 5) is 51.0. The van der Waals surface area contributed by atoms with Crippen LogP contribution in [-0.2, 0) is 30.5 Å². The molecule has 10 nitrogen and oxygen atoms in total. The second-order valence-electron chi connectivity index (χ2n) is 8.52. The molecule has 1 aromatic heterocycles. The molecule has 188 valence electrons. The minimum atomic E-state index is -1.01. The van der Waals surface area contributed by atoms with Gasteiger partial charge in [0.2, 0.25) is 17.7 Å². The lowest BCUT2D eigenvalue weighted by molar-refractivity contribution is -0.145. The third kappa shape index (κ3) is 6.48. The molecule has 10 heteroatoms. The first-order valence-electron chi connectivity index (χ1n) is 11.7. The molecule has 0 fully saturated rings. The number of benzene rings is 1. The summed E-state index contributed by atoms with van der Waals surface area (Å²) in [6.45, 7) is 2.26.